The van der Waals surface area contributed by atoms with E-state index in [4.69, 9.17) is 11.6 Å². The molecule has 0 fully saturated rings. The van der Waals surface area contributed by atoms with Crippen LogP contribution < -0.4 is 15.4 Å². The van der Waals surface area contributed by atoms with E-state index in [0.29, 0.717) is 17.3 Å². The zero-order chi connectivity index (χ0) is 20.1. The van der Waals surface area contributed by atoms with Crippen molar-refractivity contribution in [3.8, 4) is 0 Å². The standard InChI is InChI=1S/C19H20ClN5O2S/c1-3-21-18-12-19(23-13(2)22-18)24-14-8-10-15(11-9-14)25-28(26,27)17-7-5-4-6-16(17)20/h4-12,25H,3H2,1-2H3,(H2,21,22,23,24). The second-order valence-electron chi connectivity index (χ2n) is 5.95. The van der Waals surface area contributed by atoms with Crippen LogP contribution in [0.2, 0.25) is 5.02 Å². The van der Waals surface area contributed by atoms with Crippen LogP contribution in [-0.2, 0) is 10.0 Å². The average Bonchev–Trinajstić information content (AvgIpc) is 2.63. The molecule has 146 valence electrons. The smallest absolute Gasteiger partial charge is 0.263 e. The van der Waals surface area contributed by atoms with E-state index < -0.39 is 10.0 Å². The van der Waals surface area contributed by atoms with Gasteiger partial charge in [0, 0.05) is 24.0 Å². The Bertz CT molecular complexity index is 1070. The van der Waals surface area contributed by atoms with Crippen molar-refractivity contribution in [3.05, 3.63) is 65.4 Å². The topological polar surface area (TPSA) is 96.0 Å². The van der Waals surface area contributed by atoms with Crippen molar-refractivity contribution in [1.82, 2.24) is 9.97 Å². The van der Waals surface area contributed by atoms with Gasteiger partial charge < -0.3 is 10.6 Å². The van der Waals surface area contributed by atoms with Crippen molar-refractivity contribution >= 4 is 44.6 Å². The third-order valence-corrected chi connectivity index (χ3v) is 5.61. The summed E-state index contributed by atoms with van der Waals surface area (Å²) in [5, 5.41) is 6.51. The summed E-state index contributed by atoms with van der Waals surface area (Å²) >= 11 is 5.99. The normalized spacial score (nSPS) is 11.1. The van der Waals surface area contributed by atoms with Gasteiger partial charge in [-0.15, -0.1) is 0 Å². The summed E-state index contributed by atoms with van der Waals surface area (Å²) in [6.07, 6.45) is 0. The van der Waals surface area contributed by atoms with E-state index in [1.165, 1.54) is 12.1 Å². The molecule has 0 spiro atoms. The number of nitrogens with zero attached hydrogens (tertiary/aromatic N) is 2. The Morgan fingerprint density at radius 2 is 1.61 bits per heavy atom. The van der Waals surface area contributed by atoms with Crippen molar-refractivity contribution in [3.63, 3.8) is 0 Å². The molecule has 0 atom stereocenters. The second kappa shape index (κ2) is 8.45. The maximum absolute atomic E-state index is 12.5. The van der Waals surface area contributed by atoms with E-state index in [1.807, 2.05) is 19.9 Å². The van der Waals surface area contributed by atoms with Gasteiger partial charge in [0.05, 0.1) is 5.02 Å². The summed E-state index contributed by atoms with van der Waals surface area (Å²) < 4.78 is 27.5. The Balaban J connectivity index is 1.75. The van der Waals surface area contributed by atoms with Crippen molar-refractivity contribution in [2.24, 2.45) is 0 Å². The van der Waals surface area contributed by atoms with Crippen molar-refractivity contribution in [1.29, 1.82) is 0 Å². The zero-order valence-electron chi connectivity index (χ0n) is 15.4. The highest BCUT2D eigenvalue weighted by Gasteiger charge is 2.17. The molecule has 3 rings (SSSR count). The number of rotatable bonds is 7. The fraction of sp³-hybridized carbons (Fsp3) is 0.158. The Morgan fingerprint density at radius 3 is 2.29 bits per heavy atom. The number of sulfonamides is 1. The predicted molar refractivity (Wildman–Crippen MR) is 113 cm³/mol. The first-order chi connectivity index (χ1) is 13.4. The lowest BCUT2D eigenvalue weighted by Gasteiger charge is -2.11. The van der Waals surface area contributed by atoms with Gasteiger partial charge in [-0.25, -0.2) is 18.4 Å². The molecule has 1 heterocycles. The van der Waals surface area contributed by atoms with Crippen molar-refractivity contribution in [2.75, 3.05) is 21.9 Å². The Morgan fingerprint density at radius 1 is 0.964 bits per heavy atom. The highest BCUT2D eigenvalue weighted by atomic mass is 35.5. The first kappa shape index (κ1) is 19.9. The van der Waals surface area contributed by atoms with E-state index in [-0.39, 0.29) is 9.92 Å². The lowest BCUT2D eigenvalue weighted by molar-refractivity contribution is 0.601. The molecule has 0 radical (unpaired) electrons. The van der Waals surface area contributed by atoms with Crippen LogP contribution in [-0.4, -0.2) is 24.9 Å². The molecule has 0 saturated heterocycles. The van der Waals surface area contributed by atoms with Crippen LogP contribution in [0.3, 0.4) is 0 Å². The average molecular weight is 418 g/mol. The lowest BCUT2D eigenvalue weighted by Crippen LogP contribution is -2.13. The van der Waals surface area contributed by atoms with E-state index in [1.54, 1.807) is 36.4 Å². The van der Waals surface area contributed by atoms with Gasteiger partial charge >= 0.3 is 0 Å². The summed E-state index contributed by atoms with van der Waals surface area (Å²) in [5.74, 6) is 2.03. The molecule has 7 nitrogen and oxygen atoms in total. The Labute approximate surface area is 169 Å². The molecule has 0 aliphatic heterocycles. The van der Waals surface area contributed by atoms with E-state index in [9.17, 15) is 8.42 Å². The molecule has 1 aromatic heterocycles. The number of hydrogen-bond donors (Lipinski definition) is 3. The van der Waals surface area contributed by atoms with Crippen LogP contribution in [0.5, 0.6) is 0 Å². The lowest BCUT2D eigenvalue weighted by atomic mass is 10.3. The Kier molecular flexibility index (Phi) is 6.01. The molecular formula is C19H20ClN5O2S. The number of benzene rings is 2. The monoisotopic (exact) mass is 417 g/mol. The highest BCUT2D eigenvalue weighted by Crippen LogP contribution is 2.25. The summed E-state index contributed by atoms with van der Waals surface area (Å²) in [6.45, 7) is 4.57. The van der Waals surface area contributed by atoms with Gasteiger partial charge in [0.25, 0.3) is 10.0 Å². The number of anilines is 4. The zero-order valence-corrected chi connectivity index (χ0v) is 17.0. The second-order valence-corrected chi connectivity index (χ2v) is 8.01. The van der Waals surface area contributed by atoms with Crippen LogP contribution in [0.25, 0.3) is 0 Å². The number of aryl methyl sites for hydroxylation is 1. The van der Waals surface area contributed by atoms with Crippen molar-refractivity contribution < 1.29 is 8.42 Å². The number of nitrogens with one attached hydrogen (secondary N) is 3. The molecule has 0 aliphatic carbocycles. The van der Waals surface area contributed by atoms with E-state index in [2.05, 4.69) is 25.3 Å². The molecule has 28 heavy (non-hydrogen) atoms. The Hall–Kier alpha value is -2.84. The molecule has 0 bridgehead atoms. The molecular weight excluding hydrogens is 398 g/mol. The molecule has 0 aliphatic rings. The van der Waals surface area contributed by atoms with Crippen LogP contribution in [0.4, 0.5) is 23.0 Å². The summed E-state index contributed by atoms with van der Waals surface area (Å²) in [4.78, 5) is 8.69. The molecule has 3 aromatic rings. The molecule has 2 aromatic carbocycles. The maximum Gasteiger partial charge on any atom is 0.263 e. The minimum absolute atomic E-state index is 0.0336. The van der Waals surface area contributed by atoms with Crippen LogP contribution in [0.1, 0.15) is 12.7 Å². The quantitative estimate of drug-likeness (QED) is 0.526. The molecule has 9 heteroatoms. The van der Waals surface area contributed by atoms with Gasteiger partial charge in [-0.2, -0.15) is 0 Å². The number of aromatic nitrogens is 2. The fourth-order valence-corrected chi connectivity index (χ4v) is 4.12. The van der Waals surface area contributed by atoms with Gasteiger partial charge in [0.2, 0.25) is 0 Å². The summed E-state index contributed by atoms with van der Waals surface area (Å²) in [5.41, 5.74) is 1.19. The fourth-order valence-electron chi connectivity index (χ4n) is 2.55. The van der Waals surface area contributed by atoms with Crippen LogP contribution in [0, 0.1) is 6.92 Å². The summed E-state index contributed by atoms with van der Waals surface area (Å²) in [7, 11) is -3.76. The van der Waals surface area contributed by atoms with Gasteiger partial charge in [-0.05, 0) is 50.2 Å². The number of halogens is 1. The first-order valence-electron chi connectivity index (χ1n) is 8.61. The third kappa shape index (κ3) is 4.90. The first-order valence-corrected chi connectivity index (χ1v) is 10.5. The summed E-state index contributed by atoms with van der Waals surface area (Å²) in [6, 6.07) is 14.9. The predicted octanol–water partition coefficient (Wildman–Crippen LogP) is 4.41. The third-order valence-electron chi connectivity index (χ3n) is 3.73. The minimum Gasteiger partial charge on any atom is -0.370 e. The molecule has 3 N–H and O–H groups in total. The van der Waals surface area contributed by atoms with Crippen LogP contribution >= 0.6 is 11.6 Å². The van der Waals surface area contributed by atoms with Gasteiger partial charge in [0.15, 0.2) is 0 Å². The molecule has 0 amide bonds. The molecule has 0 unspecified atom stereocenters. The van der Waals surface area contributed by atoms with E-state index in [0.717, 1.165) is 18.1 Å². The number of hydrogen-bond acceptors (Lipinski definition) is 6. The molecule has 0 saturated carbocycles. The van der Waals surface area contributed by atoms with Crippen LogP contribution in [0.15, 0.2) is 59.5 Å². The van der Waals surface area contributed by atoms with Crippen molar-refractivity contribution in [2.45, 2.75) is 18.7 Å². The highest BCUT2D eigenvalue weighted by molar-refractivity contribution is 7.92. The maximum atomic E-state index is 12.5. The van der Waals surface area contributed by atoms with Gasteiger partial charge in [0.1, 0.15) is 22.4 Å². The SMILES string of the molecule is CCNc1cc(Nc2ccc(NS(=O)(=O)c3ccccc3Cl)cc2)nc(C)n1. The van der Waals surface area contributed by atoms with E-state index >= 15 is 0 Å². The van der Waals surface area contributed by atoms with Gasteiger partial charge in [-0.3, -0.25) is 4.72 Å². The largest absolute Gasteiger partial charge is 0.370 e. The van der Waals surface area contributed by atoms with Gasteiger partial charge in [-0.1, -0.05) is 23.7 Å². The minimum atomic E-state index is -3.76.